The van der Waals surface area contributed by atoms with Gasteiger partial charge in [0.2, 0.25) is 0 Å². The van der Waals surface area contributed by atoms with E-state index in [0.717, 1.165) is 23.4 Å². The Hall–Kier alpha value is -1.10. The first kappa shape index (κ1) is 15.3. The Bertz CT molecular complexity index is 475. The van der Waals surface area contributed by atoms with Crippen LogP contribution in [-0.4, -0.2) is 29.1 Å². The van der Waals surface area contributed by atoms with Crippen molar-refractivity contribution in [2.75, 3.05) is 13.1 Å². The number of hydrogen-bond donors (Lipinski definition) is 0. The molecule has 20 heavy (non-hydrogen) atoms. The van der Waals surface area contributed by atoms with E-state index in [9.17, 15) is 13.2 Å². The molecule has 2 nitrogen and oxygen atoms in total. The largest absolute Gasteiger partial charge is 0.390 e. The minimum absolute atomic E-state index is 0.00243. The zero-order valence-electron chi connectivity index (χ0n) is 12.2. The maximum Gasteiger partial charge on any atom is 0.390 e. The fourth-order valence-corrected chi connectivity index (χ4v) is 2.37. The predicted molar refractivity (Wildman–Crippen MR) is 72.6 cm³/mol. The quantitative estimate of drug-likeness (QED) is 0.824. The summed E-state index contributed by atoms with van der Waals surface area (Å²) in [6.07, 6.45) is -4.08. The van der Waals surface area contributed by atoms with Crippen LogP contribution in [0.2, 0.25) is 0 Å². The zero-order chi connectivity index (χ0) is 15.0. The number of alkyl halides is 3. The third kappa shape index (κ3) is 3.95. The fraction of sp³-hybridized carbons (Fsp3) is 0.667. The van der Waals surface area contributed by atoms with E-state index in [1.807, 2.05) is 17.0 Å². The predicted octanol–water partition coefficient (Wildman–Crippen LogP) is 3.69. The van der Waals surface area contributed by atoms with Gasteiger partial charge in [0.25, 0.3) is 0 Å². The molecule has 0 saturated heterocycles. The van der Waals surface area contributed by atoms with E-state index in [1.165, 1.54) is 0 Å². The Kier molecular flexibility index (Phi) is 4.09. The second kappa shape index (κ2) is 5.35. The van der Waals surface area contributed by atoms with Crippen molar-refractivity contribution in [3.8, 4) is 0 Å². The van der Waals surface area contributed by atoms with Crippen LogP contribution in [0, 0.1) is 0 Å². The molecule has 2 heterocycles. The third-order valence-electron chi connectivity index (χ3n) is 3.61. The van der Waals surface area contributed by atoms with Crippen molar-refractivity contribution in [3.05, 3.63) is 29.1 Å². The third-order valence-corrected chi connectivity index (χ3v) is 3.61. The van der Waals surface area contributed by atoms with Crippen LogP contribution < -0.4 is 0 Å². The lowest BCUT2D eigenvalue weighted by Crippen LogP contribution is -2.34. The molecule has 0 bridgehead atoms. The van der Waals surface area contributed by atoms with E-state index >= 15 is 0 Å². The van der Waals surface area contributed by atoms with Gasteiger partial charge in [-0.2, -0.15) is 13.2 Å². The van der Waals surface area contributed by atoms with Crippen molar-refractivity contribution in [2.24, 2.45) is 0 Å². The lowest BCUT2D eigenvalue weighted by atomic mass is 9.90. The Morgan fingerprint density at radius 3 is 2.50 bits per heavy atom. The first-order chi connectivity index (χ1) is 9.15. The van der Waals surface area contributed by atoms with Gasteiger partial charge in [-0.25, -0.2) is 0 Å². The Morgan fingerprint density at radius 1 is 1.20 bits per heavy atom. The minimum atomic E-state index is -4.07. The summed E-state index contributed by atoms with van der Waals surface area (Å²) >= 11 is 0. The summed E-state index contributed by atoms with van der Waals surface area (Å²) in [4.78, 5) is 6.53. The Labute approximate surface area is 118 Å². The molecule has 0 unspecified atom stereocenters. The normalized spacial score (nSPS) is 17.1. The average molecular weight is 286 g/mol. The monoisotopic (exact) mass is 286 g/mol. The number of pyridine rings is 1. The molecule has 1 aromatic heterocycles. The standard InChI is InChI=1S/C15H21F3N2/c1-14(2,3)13-5-4-11-10-20(8-6-12(11)19-13)9-7-15(16,17)18/h4-5H,6-10H2,1-3H3. The number of nitrogens with zero attached hydrogens (tertiary/aromatic N) is 2. The van der Waals surface area contributed by atoms with Crippen molar-refractivity contribution in [3.63, 3.8) is 0 Å². The van der Waals surface area contributed by atoms with Crippen LogP contribution in [0.5, 0.6) is 0 Å². The Morgan fingerprint density at radius 2 is 1.90 bits per heavy atom. The summed E-state index contributed by atoms with van der Waals surface area (Å²) in [5, 5.41) is 0. The van der Waals surface area contributed by atoms with Gasteiger partial charge in [0.05, 0.1) is 6.42 Å². The van der Waals surface area contributed by atoms with E-state index in [2.05, 4.69) is 25.8 Å². The van der Waals surface area contributed by atoms with E-state index in [1.54, 1.807) is 0 Å². The van der Waals surface area contributed by atoms with Crippen molar-refractivity contribution >= 4 is 0 Å². The lowest BCUT2D eigenvalue weighted by Gasteiger charge is -2.29. The van der Waals surface area contributed by atoms with Crippen molar-refractivity contribution in [1.29, 1.82) is 0 Å². The molecule has 0 saturated carbocycles. The van der Waals surface area contributed by atoms with Gasteiger partial charge in [0.1, 0.15) is 0 Å². The van der Waals surface area contributed by atoms with Gasteiger partial charge in [-0.05, 0) is 11.6 Å². The molecule has 0 fully saturated rings. The molecule has 0 N–H and O–H groups in total. The smallest absolute Gasteiger partial charge is 0.298 e. The summed E-state index contributed by atoms with van der Waals surface area (Å²) in [6, 6.07) is 4.01. The molecule has 112 valence electrons. The molecule has 0 spiro atoms. The molecule has 1 aliphatic heterocycles. The first-order valence-corrected chi connectivity index (χ1v) is 6.93. The summed E-state index contributed by atoms with van der Waals surface area (Å²) in [5.74, 6) is 0. The molecule has 0 atom stereocenters. The van der Waals surface area contributed by atoms with Crippen molar-refractivity contribution in [2.45, 2.75) is 51.7 Å². The number of rotatable bonds is 2. The van der Waals surface area contributed by atoms with Crippen LogP contribution in [0.15, 0.2) is 12.1 Å². The molecular formula is C15H21F3N2. The van der Waals surface area contributed by atoms with Gasteiger partial charge in [-0.3, -0.25) is 9.88 Å². The summed E-state index contributed by atoms with van der Waals surface area (Å²) in [5.41, 5.74) is 3.15. The maximum atomic E-state index is 12.3. The van der Waals surface area contributed by atoms with E-state index in [0.29, 0.717) is 13.1 Å². The second-order valence-electron chi connectivity index (χ2n) is 6.44. The minimum Gasteiger partial charge on any atom is -0.298 e. The topological polar surface area (TPSA) is 16.1 Å². The molecule has 0 amide bonds. The molecular weight excluding hydrogens is 265 g/mol. The van der Waals surface area contributed by atoms with Crippen LogP contribution >= 0.6 is 0 Å². The zero-order valence-corrected chi connectivity index (χ0v) is 12.2. The highest BCUT2D eigenvalue weighted by molar-refractivity contribution is 5.28. The number of aromatic nitrogens is 1. The van der Waals surface area contributed by atoms with Crippen LogP contribution in [0.25, 0.3) is 0 Å². The van der Waals surface area contributed by atoms with Crippen LogP contribution in [0.3, 0.4) is 0 Å². The molecule has 0 radical (unpaired) electrons. The van der Waals surface area contributed by atoms with Crippen molar-refractivity contribution in [1.82, 2.24) is 9.88 Å². The molecule has 5 heteroatoms. The highest BCUT2D eigenvalue weighted by Crippen LogP contribution is 2.26. The number of hydrogen-bond acceptors (Lipinski definition) is 2. The SMILES string of the molecule is CC(C)(C)c1ccc2c(n1)CCN(CCC(F)(F)F)C2. The molecule has 1 aromatic rings. The molecule has 2 rings (SSSR count). The number of fused-ring (bicyclic) bond motifs is 1. The lowest BCUT2D eigenvalue weighted by molar-refractivity contribution is -0.138. The summed E-state index contributed by atoms with van der Waals surface area (Å²) < 4.78 is 36.8. The van der Waals surface area contributed by atoms with E-state index in [4.69, 9.17) is 0 Å². The molecule has 0 aromatic carbocycles. The van der Waals surface area contributed by atoms with Gasteiger partial charge in [0, 0.05) is 42.9 Å². The van der Waals surface area contributed by atoms with Gasteiger partial charge in [-0.15, -0.1) is 0 Å². The second-order valence-corrected chi connectivity index (χ2v) is 6.44. The fourth-order valence-electron chi connectivity index (χ4n) is 2.37. The summed E-state index contributed by atoms with van der Waals surface area (Å²) in [6.45, 7) is 7.64. The van der Waals surface area contributed by atoms with Gasteiger partial charge >= 0.3 is 6.18 Å². The van der Waals surface area contributed by atoms with Gasteiger partial charge in [-0.1, -0.05) is 26.8 Å². The number of halogens is 3. The van der Waals surface area contributed by atoms with E-state index < -0.39 is 12.6 Å². The van der Waals surface area contributed by atoms with Crippen LogP contribution in [-0.2, 0) is 18.4 Å². The highest BCUT2D eigenvalue weighted by Gasteiger charge is 2.29. The average Bonchev–Trinajstić information content (AvgIpc) is 2.33. The van der Waals surface area contributed by atoms with Crippen LogP contribution in [0.4, 0.5) is 13.2 Å². The molecule has 0 aliphatic carbocycles. The molecule has 1 aliphatic rings. The van der Waals surface area contributed by atoms with Gasteiger partial charge < -0.3 is 0 Å². The van der Waals surface area contributed by atoms with E-state index in [-0.39, 0.29) is 12.0 Å². The van der Waals surface area contributed by atoms with Crippen LogP contribution in [0.1, 0.15) is 44.1 Å². The Balaban J connectivity index is 2.05. The summed E-state index contributed by atoms with van der Waals surface area (Å²) in [7, 11) is 0. The van der Waals surface area contributed by atoms with Crippen molar-refractivity contribution < 1.29 is 13.2 Å². The van der Waals surface area contributed by atoms with Gasteiger partial charge in [0.15, 0.2) is 0 Å². The highest BCUT2D eigenvalue weighted by atomic mass is 19.4. The maximum absolute atomic E-state index is 12.3. The first-order valence-electron chi connectivity index (χ1n) is 6.93.